The van der Waals surface area contributed by atoms with Gasteiger partial charge in [0, 0.05) is 11.4 Å². The second kappa shape index (κ2) is 4.27. The summed E-state index contributed by atoms with van der Waals surface area (Å²) in [5.74, 6) is 0.161. The first-order valence-corrected chi connectivity index (χ1v) is 5.40. The van der Waals surface area contributed by atoms with Gasteiger partial charge >= 0.3 is 0 Å². The Kier molecular flexibility index (Phi) is 3.49. The molecule has 1 aromatic rings. The third kappa shape index (κ3) is 2.24. The molecular formula is C8H9Br2N3O. The summed E-state index contributed by atoms with van der Waals surface area (Å²) < 4.78 is 1.39. The monoisotopic (exact) mass is 321 g/mol. The number of pyridine rings is 1. The molecule has 0 aliphatic rings. The largest absolute Gasteiger partial charge is 0.395 e. The Morgan fingerprint density at radius 1 is 1.50 bits per heavy atom. The molecule has 0 aliphatic heterocycles. The van der Waals surface area contributed by atoms with Crippen molar-refractivity contribution in [2.75, 3.05) is 11.1 Å². The van der Waals surface area contributed by atoms with Crippen LogP contribution in [0.4, 0.5) is 11.5 Å². The van der Waals surface area contributed by atoms with Gasteiger partial charge in [-0.1, -0.05) is 0 Å². The van der Waals surface area contributed by atoms with Crippen molar-refractivity contribution in [2.45, 2.75) is 13.8 Å². The van der Waals surface area contributed by atoms with Crippen molar-refractivity contribution < 1.29 is 4.79 Å². The maximum absolute atomic E-state index is 10.8. The van der Waals surface area contributed by atoms with Gasteiger partial charge in [-0.25, -0.2) is 4.98 Å². The van der Waals surface area contributed by atoms with Gasteiger partial charge in [0.1, 0.15) is 4.60 Å². The summed E-state index contributed by atoms with van der Waals surface area (Å²) in [7, 11) is 0. The standard InChI is InChI=1S/C8H9Br2N3O/c1-3-5(9)6(11)8(12-4(2)14)13-7(3)10/h11H2,1-2H3,(H,12,13,14). The van der Waals surface area contributed by atoms with Crippen molar-refractivity contribution in [3.63, 3.8) is 0 Å². The molecule has 0 radical (unpaired) electrons. The molecule has 0 atom stereocenters. The molecule has 0 aromatic carbocycles. The summed E-state index contributed by atoms with van der Waals surface area (Å²) in [6.07, 6.45) is 0. The van der Waals surface area contributed by atoms with Crippen LogP contribution in [0.1, 0.15) is 12.5 Å². The summed E-state index contributed by atoms with van der Waals surface area (Å²) in [4.78, 5) is 14.9. The molecule has 0 saturated carbocycles. The highest BCUT2D eigenvalue weighted by Gasteiger charge is 2.12. The molecule has 0 spiro atoms. The maximum Gasteiger partial charge on any atom is 0.222 e. The minimum atomic E-state index is -0.202. The first kappa shape index (κ1) is 11.5. The SMILES string of the molecule is CC(=O)Nc1nc(Br)c(C)c(Br)c1N. The van der Waals surface area contributed by atoms with Crippen molar-refractivity contribution in [2.24, 2.45) is 0 Å². The van der Waals surface area contributed by atoms with Crippen LogP contribution in [0.2, 0.25) is 0 Å². The summed E-state index contributed by atoms with van der Waals surface area (Å²) >= 11 is 6.60. The van der Waals surface area contributed by atoms with Crippen LogP contribution in [-0.2, 0) is 4.79 Å². The minimum Gasteiger partial charge on any atom is -0.395 e. The highest BCUT2D eigenvalue weighted by molar-refractivity contribution is 9.11. The second-order valence-electron chi connectivity index (χ2n) is 2.79. The zero-order valence-electron chi connectivity index (χ0n) is 7.69. The van der Waals surface area contributed by atoms with Gasteiger partial charge in [0.15, 0.2) is 5.82 Å². The van der Waals surface area contributed by atoms with E-state index < -0.39 is 0 Å². The molecule has 76 valence electrons. The van der Waals surface area contributed by atoms with Crippen molar-refractivity contribution >= 4 is 49.3 Å². The molecular weight excluding hydrogens is 314 g/mol. The van der Waals surface area contributed by atoms with E-state index >= 15 is 0 Å². The van der Waals surface area contributed by atoms with Gasteiger partial charge in [0.2, 0.25) is 5.91 Å². The smallest absolute Gasteiger partial charge is 0.222 e. The average molecular weight is 323 g/mol. The van der Waals surface area contributed by atoms with Gasteiger partial charge in [-0.15, -0.1) is 0 Å². The lowest BCUT2D eigenvalue weighted by atomic mass is 10.3. The Hall–Kier alpha value is -0.620. The Labute approximate surface area is 98.5 Å². The van der Waals surface area contributed by atoms with E-state index in [1.165, 1.54) is 6.92 Å². The predicted molar refractivity (Wildman–Crippen MR) is 63.1 cm³/mol. The number of halogens is 2. The van der Waals surface area contributed by atoms with Crippen molar-refractivity contribution in [1.29, 1.82) is 0 Å². The highest BCUT2D eigenvalue weighted by atomic mass is 79.9. The quantitative estimate of drug-likeness (QED) is 0.780. The van der Waals surface area contributed by atoms with Crippen LogP contribution < -0.4 is 11.1 Å². The number of nitrogen functional groups attached to an aromatic ring is 1. The normalized spacial score (nSPS) is 10.0. The fraction of sp³-hybridized carbons (Fsp3) is 0.250. The van der Waals surface area contributed by atoms with Gasteiger partial charge in [-0.3, -0.25) is 4.79 Å². The molecule has 1 amide bonds. The number of nitrogens with zero attached hydrogens (tertiary/aromatic N) is 1. The Morgan fingerprint density at radius 2 is 2.07 bits per heavy atom. The molecule has 0 fully saturated rings. The Morgan fingerprint density at radius 3 is 2.57 bits per heavy atom. The lowest BCUT2D eigenvalue weighted by Gasteiger charge is -2.10. The van der Waals surface area contributed by atoms with Crippen molar-refractivity contribution in [3.05, 3.63) is 14.6 Å². The van der Waals surface area contributed by atoms with E-state index in [1.807, 2.05) is 6.92 Å². The molecule has 0 unspecified atom stereocenters. The van der Waals surface area contributed by atoms with Gasteiger partial charge < -0.3 is 11.1 Å². The zero-order valence-corrected chi connectivity index (χ0v) is 10.9. The first-order valence-electron chi connectivity index (χ1n) is 3.82. The lowest BCUT2D eigenvalue weighted by molar-refractivity contribution is -0.114. The summed E-state index contributed by atoms with van der Waals surface area (Å²) in [6, 6.07) is 0. The van der Waals surface area contributed by atoms with Crippen LogP contribution in [0.5, 0.6) is 0 Å². The number of aromatic nitrogens is 1. The van der Waals surface area contributed by atoms with Gasteiger partial charge in [-0.2, -0.15) is 0 Å². The van der Waals surface area contributed by atoms with Gasteiger partial charge in [-0.05, 0) is 44.3 Å². The number of carbonyl (C=O) groups is 1. The highest BCUT2D eigenvalue weighted by Crippen LogP contribution is 2.33. The Balaban J connectivity index is 3.25. The molecule has 14 heavy (non-hydrogen) atoms. The van der Waals surface area contributed by atoms with Crippen LogP contribution in [0, 0.1) is 6.92 Å². The zero-order chi connectivity index (χ0) is 10.9. The van der Waals surface area contributed by atoms with Gasteiger partial charge in [0.05, 0.1) is 5.69 Å². The van der Waals surface area contributed by atoms with Crippen LogP contribution in [0.15, 0.2) is 9.08 Å². The van der Waals surface area contributed by atoms with Crippen LogP contribution in [-0.4, -0.2) is 10.9 Å². The van der Waals surface area contributed by atoms with E-state index in [0.717, 1.165) is 10.0 Å². The van der Waals surface area contributed by atoms with E-state index in [1.54, 1.807) is 0 Å². The molecule has 0 aliphatic carbocycles. The number of anilines is 2. The van der Waals surface area contributed by atoms with E-state index in [-0.39, 0.29) is 5.91 Å². The predicted octanol–water partition coefficient (Wildman–Crippen LogP) is 2.46. The van der Waals surface area contributed by atoms with Gasteiger partial charge in [0.25, 0.3) is 0 Å². The van der Waals surface area contributed by atoms with E-state index in [9.17, 15) is 4.79 Å². The molecule has 1 heterocycles. The second-order valence-corrected chi connectivity index (χ2v) is 4.33. The molecule has 1 rings (SSSR count). The third-order valence-corrected chi connectivity index (χ3v) is 3.43. The molecule has 1 aromatic heterocycles. The molecule has 4 nitrogen and oxygen atoms in total. The fourth-order valence-corrected chi connectivity index (χ4v) is 1.92. The summed E-state index contributed by atoms with van der Waals surface area (Å²) in [5.41, 5.74) is 7.09. The summed E-state index contributed by atoms with van der Waals surface area (Å²) in [5, 5.41) is 2.55. The molecule has 0 bridgehead atoms. The van der Waals surface area contributed by atoms with E-state index in [0.29, 0.717) is 16.1 Å². The number of nitrogens with one attached hydrogen (secondary N) is 1. The number of nitrogens with two attached hydrogens (primary N) is 1. The van der Waals surface area contributed by atoms with Crippen molar-refractivity contribution in [1.82, 2.24) is 4.98 Å². The number of rotatable bonds is 1. The van der Waals surface area contributed by atoms with Crippen molar-refractivity contribution in [3.8, 4) is 0 Å². The van der Waals surface area contributed by atoms with Crippen LogP contribution in [0.25, 0.3) is 0 Å². The number of carbonyl (C=O) groups excluding carboxylic acids is 1. The average Bonchev–Trinajstić information content (AvgIpc) is 2.10. The maximum atomic E-state index is 10.8. The number of hydrogen-bond donors (Lipinski definition) is 2. The molecule has 0 saturated heterocycles. The molecule has 3 N–H and O–H groups in total. The first-order chi connectivity index (χ1) is 6.43. The van der Waals surface area contributed by atoms with Crippen LogP contribution >= 0.6 is 31.9 Å². The van der Waals surface area contributed by atoms with E-state index in [2.05, 4.69) is 42.2 Å². The van der Waals surface area contributed by atoms with Crippen LogP contribution in [0.3, 0.4) is 0 Å². The minimum absolute atomic E-state index is 0.202. The topological polar surface area (TPSA) is 68.0 Å². The summed E-state index contributed by atoms with van der Waals surface area (Å²) in [6.45, 7) is 3.28. The van der Waals surface area contributed by atoms with E-state index in [4.69, 9.17) is 5.73 Å². The fourth-order valence-electron chi connectivity index (χ4n) is 0.901. The number of amides is 1. The third-order valence-electron chi connectivity index (χ3n) is 1.63. The lowest BCUT2D eigenvalue weighted by Crippen LogP contribution is -2.11. The Bertz CT molecular complexity index is 393. The molecule has 6 heteroatoms. The number of hydrogen-bond acceptors (Lipinski definition) is 3.